The van der Waals surface area contributed by atoms with Crippen molar-refractivity contribution in [2.24, 2.45) is 0 Å². The molecule has 0 aliphatic rings. The topological polar surface area (TPSA) is 26.0 Å². The van der Waals surface area contributed by atoms with Crippen molar-refractivity contribution in [1.82, 2.24) is 0 Å². The molecule has 0 spiro atoms. The van der Waals surface area contributed by atoms with E-state index in [9.17, 15) is 0 Å². The Hall–Kier alpha value is -1.76. The monoisotopic (exact) mass is 225 g/mol. The van der Waals surface area contributed by atoms with E-state index in [1.165, 1.54) is 33.4 Å². The molecule has 0 fully saturated rings. The van der Waals surface area contributed by atoms with Crippen LogP contribution in [0.4, 0.5) is 5.69 Å². The summed E-state index contributed by atoms with van der Waals surface area (Å²) < 4.78 is 0. The van der Waals surface area contributed by atoms with E-state index in [4.69, 9.17) is 5.73 Å². The third-order valence-electron chi connectivity index (χ3n) is 3.80. The van der Waals surface area contributed by atoms with Crippen LogP contribution in [0.3, 0.4) is 0 Å². The van der Waals surface area contributed by atoms with Crippen molar-refractivity contribution < 1.29 is 0 Å². The van der Waals surface area contributed by atoms with Crippen molar-refractivity contribution in [3.05, 3.63) is 52.6 Å². The van der Waals surface area contributed by atoms with Crippen molar-refractivity contribution in [3.63, 3.8) is 0 Å². The maximum Gasteiger partial charge on any atom is 0.0428 e. The molecular formula is C16H19N. The highest BCUT2D eigenvalue weighted by Crippen LogP contribution is 2.36. The summed E-state index contributed by atoms with van der Waals surface area (Å²) in [6.07, 6.45) is 0. The molecule has 0 saturated heterocycles. The molecule has 0 unspecified atom stereocenters. The van der Waals surface area contributed by atoms with E-state index >= 15 is 0 Å². The zero-order chi connectivity index (χ0) is 12.6. The van der Waals surface area contributed by atoms with Gasteiger partial charge in [-0.3, -0.25) is 0 Å². The second-order valence-corrected chi connectivity index (χ2v) is 4.65. The second kappa shape index (κ2) is 4.25. The van der Waals surface area contributed by atoms with Gasteiger partial charge in [-0.1, -0.05) is 30.3 Å². The standard InChI is InChI=1S/C16H19N/c1-10-11(2)13(4)16(17)15(12(10)3)14-8-6-5-7-9-14/h5-9H,17H2,1-4H3. The number of benzene rings is 2. The molecular weight excluding hydrogens is 206 g/mol. The maximum atomic E-state index is 6.29. The second-order valence-electron chi connectivity index (χ2n) is 4.65. The van der Waals surface area contributed by atoms with Crippen LogP contribution in [0.1, 0.15) is 22.3 Å². The molecule has 0 bridgehead atoms. The van der Waals surface area contributed by atoms with Gasteiger partial charge in [0.05, 0.1) is 0 Å². The van der Waals surface area contributed by atoms with Crippen LogP contribution in [-0.2, 0) is 0 Å². The molecule has 1 heteroatoms. The summed E-state index contributed by atoms with van der Waals surface area (Å²) >= 11 is 0. The zero-order valence-corrected chi connectivity index (χ0v) is 11.0. The quantitative estimate of drug-likeness (QED) is 0.724. The van der Waals surface area contributed by atoms with Crippen LogP contribution >= 0.6 is 0 Å². The largest absolute Gasteiger partial charge is 0.398 e. The van der Waals surface area contributed by atoms with Crippen molar-refractivity contribution in [3.8, 4) is 11.1 Å². The molecule has 0 atom stereocenters. The summed E-state index contributed by atoms with van der Waals surface area (Å²) in [6.45, 7) is 8.57. The van der Waals surface area contributed by atoms with E-state index in [-0.39, 0.29) is 0 Å². The van der Waals surface area contributed by atoms with Gasteiger partial charge in [-0.05, 0) is 55.5 Å². The van der Waals surface area contributed by atoms with Crippen LogP contribution in [0.5, 0.6) is 0 Å². The molecule has 0 amide bonds. The Kier molecular flexibility index (Phi) is 2.93. The number of nitrogens with two attached hydrogens (primary N) is 1. The van der Waals surface area contributed by atoms with Gasteiger partial charge < -0.3 is 5.73 Å². The number of hydrogen-bond donors (Lipinski definition) is 1. The van der Waals surface area contributed by atoms with E-state index in [2.05, 4.69) is 52.0 Å². The summed E-state index contributed by atoms with van der Waals surface area (Å²) in [5.74, 6) is 0. The molecule has 0 aliphatic heterocycles. The first-order valence-corrected chi connectivity index (χ1v) is 5.95. The van der Waals surface area contributed by atoms with Gasteiger partial charge in [-0.2, -0.15) is 0 Å². The summed E-state index contributed by atoms with van der Waals surface area (Å²) in [6, 6.07) is 10.4. The van der Waals surface area contributed by atoms with Crippen molar-refractivity contribution in [2.45, 2.75) is 27.7 Å². The summed E-state index contributed by atoms with van der Waals surface area (Å²) in [5.41, 5.74) is 14.7. The average Bonchev–Trinajstić information content (AvgIpc) is 2.36. The van der Waals surface area contributed by atoms with E-state index in [0.29, 0.717) is 0 Å². The van der Waals surface area contributed by atoms with Crippen LogP contribution in [0, 0.1) is 27.7 Å². The lowest BCUT2D eigenvalue weighted by Gasteiger charge is -2.18. The van der Waals surface area contributed by atoms with Crippen molar-refractivity contribution in [2.75, 3.05) is 5.73 Å². The van der Waals surface area contributed by atoms with Gasteiger partial charge in [-0.25, -0.2) is 0 Å². The molecule has 2 rings (SSSR count). The van der Waals surface area contributed by atoms with E-state index in [1.54, 1.807) is 0 Å². The van der Waals surface area contributed by atoms with E-state index in [1.807, 2.05) is 6.07 Å². The summed E-state index contributed by atoms with van der Waals surface area (Å²) in [4.78, 5) is 0. The fourth-order valence-electron chi connectivity index (χ4n) is 2.32. The third kappa shape index (κ3) is 1.82. The Balaban J connectivity index is 2.80. The highest BCUT2D eigenvalue weighted by molar-refractivity contribution is 5.83. The molecule has 2 N–H and O–H groups in total. The molecule has 0 aliphatic carbocycles. The highest BCUT2D eigenvalue weighted by atomic mass is 14.6. The summed E-state index contributed by atoms with van der Waals surface area (Å²) in [7, 11) is 0. The van der Waals surface area contributed by atoms with E-state index < -0.39 is 0 Å². The minimum Gasteiger partial charge on any atom is -0.398 e. The van der Waals surface area contributed by atoms with Gasteiger partial charge in [0, 0.05) is 11.3 Å². The first-order chi connectivity index (χ1) is 8.04. The molecule has 0 heterocycles. The molecule has 0 radical (unpaired) electrons. The summed E-state index contributed by atoms with van der Waals surface area (Å²) in [5, 5.41) is 0. The smallest absolute Gasteiger partial charge is 0.0428 e. The molecule has 0 saturated carbocycles. The average molecular weight is 225 g/mol. The first-order valence-electron chi connectivity index (χ1n) is 5.95. The van der Waals surface area contributed by atoms with Crippen LogP contribution in [0.15, 0.2) is 30.3 Å². The lowest BCUT2D eigenvalue weighted by Crippen LogP contribution is -2.02. The molecule has 1 nitrogen and oxygen atoms in total. The van der Waals surface area contributed by atoms with Crippen molar-refractivity contribution in [1.29, 1.82) is 0 Å². The van der Waals surface area contributed by atoms with Crippen LogP contribution in [0.25, 0.3) is 11.1 Å². The normalized spacial score (nSPS) is 10.6. The number of rotatable bonds is 1. The molecule has 2 aromatic carbocycles. The predicted molar refractivity (Wildman–Crippen MR) is 75.2 cm³/mol. The highest BCUT2D eigenvalue weighted by Gasteiger charge is 2.13. The Labute approximate surface area is 103 Å². The minimum absolute atomic E-state index is 0.914. The fraction of sp³-hybridized carbons (Fsp3) is 0.250. The molecule has 0 aromatic heterocycles. The maximum absolute atomic E-state index is 6.29. The van der Waals surface area contributed by atoms with Crippen molar-refractivity contribution >= 4 is 5.69 Å². The van der Waals surface area contributed by atoms with Crippen LogP contribution < -0.4 is 5.73 Å². The Morgan fingerprint density at radius 3 is 1.82 bits per heavy atom. The molecule has 17 heavy (non-hydrogen) atoms. The Morgan fingerprint density at radius 1 is 0.706 bits per heavy atom. The number of hydrogen-bond acceptors (Lipinski definition) is 1. The Bertz CT molecular complexity index is 524. The minimum atomic E-state index is 0.914. The van der Waals surface area contributed by atoms with Gasteiger partial charge in [-0.15, -0.1) is 0 Å². The number of nitrogen functional groups attached to an aromatic ring is 1. The predicted octanol–water partition coefficient (Wildman–Crippen LogP) is 4.17. The van der Waals surface area contributed by atoms with Crippen LogP contribution in [-0.4, -0.2) is 0 Å². The van der Waals surface area contributed by atoms with Gasteiger partial charge in [0.1, 0.15) is 0 Å². The third-order valence-corrected chi connectivity index (χ3v) is 3.80. The van der Waals surface area contributed by atoms with Gasteiger partial charge in [0.25, 0.3) is 0 Å². The SMILES string of the molecule is Cc1c(C)c(C)c(-c2ccccc2)c(N)c1C. The Morgan fingerprint density at radius 2 is 1.24 bits per heavy atom. The van der Waals surface area contributed by atoms with Crippen LogP contribution in [0.2, 0.25) is 0 Å². The van der Waals surface area contributed by atoms with Gasteiger partial charge >= 0.3 is 0 Å². The fourth-order valence-corrected chi connectivity index (χ4v) is 2.32. The molecule has 88 valence electrons. The van der Waals surface area contributed by atoms with E-state index in [0.717, 1.165) is 5.69 Å². The number of anilines is 1. The lowest BCUT2D eigenvalue weighted by molar-refractivity contribution is 1.22. The zero-order valence-electron chi connectivity index (χ0n) is 11.0. The lowest BCUT2D eigenvalue weighted by atomic mass is 9.89. The van der Waals surface area contributed by atoms with Gasteiger partial charge in [0.15, 0.2) is 0 Å². The molecule has 2 aromatic rings. The van der Waals surface area contributed by atoms with Gasteiger partial charge in [0.2, 0.25) is 0 Å². The first kappa shape index (κ1) is 11.7.